The molecule has 0 spiro atoms. The molecular formula is C5H10NO. The second kappa shape index (κ2) is 2.28. The van der Waals surface area contributed by atoms with E-state index in [0.29, 0.717) is 6.23 Å². The van der Waals surface area contributed by atoms with Gasteiger partial charge >= 0.3 is 0 Å². The SMILES string of the molecule is COC1C[CH]CN1. The molecule has 1 unspecified atom stereocenters. The molecule has 1 saturated heterocycles. The molecule has 0 saturated carbocycles. The number of hydrogen-bond donors (Lipinski definition) is 1. The third kappa shape index (κ3) is 1.14. The first kappa shape index (κ1) is 5.06. The topological polar surface area (TPSA) is 21.3 Å². The predicted molar refractivity (Wildman–Crippen MR) is 27.7 cm³/mol. The molecule has 0 aliphatic carbocycles. The summed E-state index contributed by atoms with van der Waals surface area (Å²) in [5.41, 5.74) is 0. The average molecular weight is 100 g/mol. The van der Waals surface area contributed by atoms with E-state index in [0.717, 1.165) is 13.0 Å². The van der Waals surface area contributed by atoms with Crippen LogP contribution in [0.5, 0.6) is 0 Å². The first-order valence-electron chi connectivity index (χ1n) is 2.51. The van der Waals surface area contributed by atoms with Gasteiger partial charge in [-0.3, -0.25) is 5.32 Å². The van der Waals surface area contributed by atoms with Gasteiger partial charge in [-0.2, -0.15) is 0 Å². The Morgan fingerprint density at radius 1 is 1.86 bits per heavy atom. The van der Waals surface area contributed by atoms with Crippen molar-refractivity contribution in [2.45, 2.75) is 12.6 Å². The monoisotopic (exact) mass is 100 g/mol. The van der Waals surface area contributed by atoms with Crippen LogP contribution in [0.15, 0.2) is 0 Å². The molecular weight excluding hydrogens is 90.1 g/mol. The molecule has 1 atom stereocenters. The second-order valence-electron chi connectivity index (χ2n) is 1.66. The van der Waals surface area contributed by atoms with E-state index in [9.17, 15) is 0 Å². The number of nitrogens with one attached hydrogen (secondary N) is 1. The molecule has 0 bridgehead atoms. The summed E-state index contributed by atoms with van der Waals surface area (Å²) < 4.78 is 4.97. The number of hydrogen-bond acceptors (Lipinski definition) is 2. The summed E-state index contributed by atoms with van der Waals surface area (Å²) in [4.78, 5) is 0. The third-order valence-corrected chi connectivity index (χ3v) is 1.16. The Labute approximate surface area is 43.9 Å². The second-order valence-corrected chi connectivity index (χ2v) is 1.66. The van der Waals surface area contributed by atoms with Gasteiger partial charge in [-0.1, -0.05) is 0 Å². The van der Waals surface area contributed by atoms with Crippen LogP contribution in [0.1, 0.15) is 6.42 Å². The lowest BCUT2D eigenvalue weighted by Crippen LogP contribution is -2.22. The van der Waals surface area contributed by atoms with E-state index in [-0.39, 0.29) is 0 Å². The van der Waals surface area contributed by atoms with Gasteiger partial charge < -0.3 is 4.74 Å². The minimum atomic E-state index is 0.292. The lowest BCUT2D eigenvalue weighted by Gasteiger charge is -2.04. The largest absolute Gasteiger partial charge is 0.367 e. The molecule has 1 radical (unpaired) electrons. The van der Waals surface area contributed by atoms with Crippen LogP contribution in [0.3, 0.4) is 0 Å². The molecule has 1 fully saturated rings. The van der Waals surface area contributed by atoms with Crippen molar-refractivity contribution >= 4 is 0 Å². The minimum absolute atomic E-state index is 0.292. The van der Waals surface area contributed by atoms with Crippen LogP contribution < -0.4 is 5.32 Å². The van der Waals surface area contributed by atoms with Crippen LogP contribution in [-0.2, 0) is 4.74 Å². The first-order valence-corrected chi connectivity index (χ1v) is 2.51. The zero-order chi connectivity index (χ0) is 5.11. The van der Waals surface area contributed by atoms with E-state index in [1.807, 2.05) is 0 Å². The van der Waals surface area contributed by atoms with Gasteiger partial charge in [0.1, 0.15) is 6.23 Å². The molecule has 0 aromatic carbocycles. The van der Waals surface area contributed by atoms with Crippen LogP contribution in [0.4, 0.5) is 0 Å². The molecule has 1 N–H and O–H groups in total. The van der Waals surface area contributed by atoms with Crippen LogP contribution in [0.2, 0.25) is 0 Å². The Morgan fingerprint density at radius 2 is 2.71 bits per heavy atom. The summed E-state index contributed by atoms with van der Waals surface area (Å²) in [7, 11) is 1.72. The van der Waals surface area contributed by atoms with E-state index in [4.69, 9.17) is 4.74 Å². The van der Waals surface area contributed by atoms with Crippen molar-refractivity contribution in [1.82, 2.24) is 5.32 Å². The molecule has 1 rings (SSSR count). The Hall–Kier alpha value is -0.0800. The van der Waals surface area contributed by atoms with Crippen molar-refractivity contribution in [3.63, 3.8) is 0 Å². The van der Waals surface area contributed by atoms with Crippen LogP contribution in [0.25, 0.3) is 0 Å². The molecule has 1 heterocycles. The highest BCUT2D eigenvalue weighted by Gasteiger charge is 2.10. The summed E-state index contributed by atoms with van der Waals surface area (Å²) in [6.07, 6.45) is 3.52. The molecule has 41 valence electrons. The minimum Gasteiger partial charge on any atom is -0.367 e. The van der Waals surface area contributed by atoms with Crippen molar-refractivity contribution in [3.8, 4) is 0 Å². The van der Waals surface area contributed by atoms with Crippen molar-refractivity contribution in [1.29, 1.82) is 0 Å². The normalized spacial score (nSPS) is 31.3. The van der Waals surface area contributed by atoms with Crippen molar-refractivity contribution in [2.24, 2.45) is 0 Å². The molecule has 7 heavy (non-hydrogen) atoms. The van der Waals surface area contributed by atoms with Gasteiger partial charge in [0.25, 0.3) is 0 Å². The fourth-order valence-electron chi connectivity index (χ4n) is 0.712. The lowest BCUT2D eigenvalue weighted by molar-refractivity contribution is 0.0930. The average Bonchev–Trinajstić information content (AvgIpc) is 2.14. The summed E-state index contributed by atoms with van der Waals surface area (Å²) in [5, 5.41) is 3.13. The van der Waals surface area contributed by atoms with Crippen molar-refractivity contribution in [3.05, 3.63) is 6.42 Å². The molecule has 0 aromatic rings. The van der Waals surface area contributed by atoms with Crippen molar-refractivity contribution < 1.29 is 4.74 Å². The third-order valence-electron chi connectivity index (χ3n) is 1.16. The Kier molecular flexibility index (Phi) is 1.65. The fourth-order valence-corrected chi connectivity index (χ4v) is 0.712. The fraction of sp³-hybridized carbons (Fsp3) is 0.800. The molecule has 0 amide bonds. The lowest BCUT2D eigenvalue weighted by atomic mass is 10.4. The quantitative estimate of drug-likeness (QED) is 0.506. The van der Waals surface area contributed by atoms with Gasteiger partial charge in [0.15, 0.2) is 0 Å². The Morgan fingerprint density at radius 3 is 3.00 bits per heavy atom. The van der Waals surface area contributed by atoms with Gasteiger partial charge in [-0.15, -0.1) is 0 Å². The summed E-state index contributed by atoms with van der Waals surface area (Å²) in [6, 6.07) is 0. The number of methoxy groups -OCH3 is 1. The van der Waals surface area contributed by atoms with E-state index in [1.165, 1.54) is 0 Å². The summed E-state index contributed by atoms with van der Waals surface area (Å²) in [5.74, 6) is 0. The summed E-state index contributed by atoms with van der Waals surface area (Å²) in [6.45, 7) is 0.999. The maximum Gasteiger partial charge on any atom is 0.108 e. The Balaban J connectivity index is 2.14. The van der Waals surface area contributed by atoms with Gasteiger partial charge in [0, 0.05) is 13.7 Å². The Bertz CT molecular complexity index is 50.0. The molecule has 2 heteroatoms. The predicted octanol–water partition coefficient (Wildman–Crippen LogP) is 0.156. The van der Waals surface area contributed by atoms with Gasteiger partial charge in [-0.05, 0) is 12.8 Å². The molecule has 2 nitrogen and oxygen atoms in total. The van der Waals surface area contributed by atoms with Gasteiger partial charge in [-0.25, -0.2) is 0 Å². The standard InChI is InChI=1S/C5H10NO/c1-7-5-3-2-4-6-5/h2,5-6H,3-4H2,1H3. The number of ether oxygens (including phenoxy) is 1. The smallest absolute Gasteiger partial charge is 0.108 e. The molecule has 0 aromatic heterocycles. The van der Waals surface area contributed by atoms with Crippen molar-refractivity contribution in [2.75, 3.05) is 13.7 Å². The van der Waals surface area contributed by atoms with Gasteiger partial charge in [0.2, 0.25) is 0 Å². The van der Waals surface area contributed by atoms with Crippen LogP contribution >= 0.6 is 0 Å². The summed E-state index contributed by atoms with van der Waals surface area (Å²) >= 11 is 0. The maximum absolute atomic E-state index is 4.97. The highest BCUT2D eigenvalue weighted by atomic mass is 16.5. The molecule has 1 aliphatic heterocycles. The van der Waals surface area contributed by atoms with Gasteiger partial charge in [0.05, 0.1) is 0 Å². The zero-order valence-electron chi connectivity index (χ0n) is 4.48. The van der Waals surface area contributed by atoms with E-state index < -0.39 is 0 Å². The maximum atomic E-state index is 4.97. The van der Waals surface area contributed by atoms with E-state index in [2.05, 4.69) is 11.7 Å². The highest BCUT2D eigenvalue weighted by Crippen LogP contribution is 2.02. The first-order chi connectivity index (χ1) is 3.43. The van der Waals surface area contributed by atoms with E-state index in [1.54, 1.807) is 7.11 Å². The molecule has 1 aliphatic rings. The zero-order valence-corrected chi connectivity index (χ0v) is 4.48. The van der Waals surface area contributed by atoms with E-state index >= 15 is 0 Å². The van der Waals surface area contributed by atoms with Crippen LogP contribution in [0, 0.1) is 6.42 Å². The van der Waals surface area contributed by atoms with Crippen LogP contribution in [-0.4, -0.2) is 19.9 Å². The highest BCUT2D eigenvalue weighted by molar-refractivity contribution is 4.80. The number of rotatable bonds is 1.